The van der Waals surface area contributed by atoms with Crippen molar-refractivity contribution in [2.45, 2.75) is 0 Å². The Labute approximate surface area is 133 Å². The van der Waals surface area contributed by atoms with Crippen LogP contribution in [0.5, 0.6) is 0 Å². The average molecular weight is 298 g/mol. The lowest BCUT2D eigenvalue weighted by Crippen LogP contribution is -2.11. The summed E-state index contributed by atoms with van der Waals surface area (Å²) in [6.45, 7) is 0. The highest BCUT2D eigenvalue weighted by atomic mass is 16.1. The van der Waals surface area contributed by atoms with Crippen molar-refractivity contribution in [3.05, 3.63) is 78.6 Å². The first-order valence-corrected chi connectivity index (χ1v) is 7.40. The van der Waals surface area contributed by atoms with Crippen LogP contribution in [-0.2, 0) is 0 Å². The predicted molar refractivity (Wildman–Crippen MR) is 93.2 cm³/mol. The zero-order chi connectivity index (χ0) is 15.8. The van der Waals surface area contributed by atoms with E-state index in [4.69, 9.17) is 5.73 Å². The molecular weight excluding hydrogens is 284 g/mol. The van der Waals surface area contributed by atoms with E-state index < -0.39 is 5.91 Å². The maximum absolute atomic E-state index is 11.6. The number of amides is 1. The van der Waals surface area contributed by atoms with Crippen LogP contribution in [0.2, 0.25) is 0 Å². The van der Waals surface area contributed by atoms with Crippen molar-refractivity contribution in [3.63, 3.8) is 0 Å². The van der Waals surface area contributed by atoms with Crippen LogP contribution in [-0.4, -0.2) is 10.9 Å². The summed E-state index contributed by atoms with van der Waals surface area (Å²) < 4.78 is 0. The molecule has 0 bridgehead atoms. The molecule has 3 nitrogen and oxygen atoms in total. The minimum absolute atomic E-state index is 0.403. The fourth-order valence-electron chi connectivity index (χ4n) is 3.04. The molecule has 3 heteroatoms. The molecule has 0 radical (unpaired) electrons. The zero-order valence-electron chi connectivity index (χ0n) is 12.4. The SMILES string of the molecule is NC(=O)c1cccc2cc(-c3cccc4cnccc34)ccc12. The van der Waals surface area contributed by atoms with E-state index in [1.165, 1.54) is 0 Å². The van der Waals surface area contributed by atoms with Crippen LogP contribution in [0.15, 0.2) is 73.1 Å². The molecule has 2 N–H and O–H groups in total. The molecule has 0 saturated heterocycles. The third kappa shape index (κ3) is 2.23. The van der Waals surface area contributed by atoms with E-state index in [1.807, 2.05) is 42.6 Å². The number of carbonyl (C=O) groups is 1. The van der Waals surface area contributed by atoms with Crippen molar-refractivity contribution in [2.24, 2.45) is 5.73 Å². The van der Waals surface area contributed by atoms with Crippen LogP contribution in [0.3, 0.4) is 0 Å². The second-order valence-electron chi connectivity index (χ2n) is 5.51. The first-order valence-electron chi connectivity index (χ1n) is 7.40. The molecule has 0 atom stereocenters. The van der Waals surface area contributed by atoms with Crippen LogP contribution >= 0.6 is 0 Å². The molecule has 4 rings (SSSR count). The van der Waals surface area contributed by atoms with E-state index in [-0.39, 0.29) is 0 Å². The van der Waals surface area contributed by atoms with Crippen molar-refractivity contribution < 1.29 is 4.79 Å². The lowest BCUT2D eigenvalue weighted by molar-refractivity contribution is 0.100. The smallest absolute Gasteiger partial charge is 0.249 e. The van der Waals surface area contributed by atoms with Gasteiger partial charge in [-0.3, -0.25) is 9.78 Å². The van der Waals surface area contributed by atoms with E-state index in [1.54, 1.807) is 12.3 Å². The van der Waals surface area contributed by atoms with Crippen molar-refractivity contribution in [3.8, 4) is 11.1 Å². The fraction of sp³-hybridized carbons (Fsp3) is 0. The number of pyridine rings is 1. The Bertz CT molecular complexity index is 1050. The minimum atomic E-state index is -0.403. The van der Waals surface area contributed by atoms with Crippen molar-refractivity contribution in [2.75, 3.05) is 0 Å². The summed E-state index contributed by atoms with van der Waals surface area (Å²) in [5.74, 6) is -0.403. The third-order valence-electron chi connectivity index (χ3n) is 4.14. The van der Waals surface area contributed by atoms with Gasteiger partial charge in [-0.25, -0.2) is 0 Å². The summed E-state index contributed by atoms with van der Waals surface area (Å²) in [7, 11) is 0. The van der Waals surface area contributed by atoms with Crippen LogP contribution in [0, 0.1) is 0 Å². The molecule has 0 fully saturated rings. The van der Waals surface area contributed by atoms with Gasteiger partial charge in [0, 0.05) is 23.3 Å². The number of hydrogen-bond donors (Lipinski definition) is 1. The van der Waals surface area contributed by atoms with Crippen molar-refractivity contribution in [1.29, 1.82) is 0 Å². The molecule has 23 heavy (non-hydrogen) atoms. The standard InChI is InChI=1S/C20H14N2O/c21-20(23)19-6-1-3-13-11-14(7-8-17(13)19)16-5-2-4-15-12-22-10-9-18(15)16/h1-12H,(H2,21,23). The molecule has 0 aliphatic carbocycles. The van der Waals surface area contributed by atoms with E-state index in [9.17, 15) is 4.79 Å². The first kappa shape index (κ1) is 13.5. The van der Waals surface area contributed by atoms with Crippen LogP contribution < -0.4 is 5.73 Å². The van der Waals surface area contributed by atoms with Crippen LogP contribution in [0.4, 0.5) is 0 Å². The molecule has 0 aliphatic rings. The number of primary amides is 1. The monoisotopic (exact) mass is 298 g/mol. The van der Waals surface area contributed by atoms with Gasteiger partial charge in [0.2, 0.25) is 5.91 Å². The molecule has 1 heterocycles. The number of aromatic nitrogens is 1. The van der Waals surface area contributed by atoms with E-state index in [0.29, 0.717) is 5.56 Å². The van der Waals surface area contributed by atoms with Gasteiger partial charge in [0.05, 0.1) is 0 Å². The Morgan fingerprint density at radius 2 is 1.70 bits per heavy atom. The Kier molecular flexibility index (Phi) is 3.05. The van der Waals surface area contributed by atoms with Crippen molar-refractivity contribution >= 4 is 27.5 Å². The maximum Gasteiger partial charge on any atom is 0.249 e. The van der Waals surface area contributed by atoms with Crippen LogP contribution in [0.25, 0.3) is 32.7 Å². The Morgan fingerprint density at radius 1 is 0.870 bits per heavy atom. The van der Waals surface area contributed by atoms with E-state index >= 15 is 0 Å². The van der Waals surface area contributed by atoms with Gasteiger partial charge < -0.3 is 5.73 Å². The number of hydrogen-bond acceptors (Lipinski definition) is 2. The lowest BCUT2D eigenvalue weighted by atomic mass is 9.95. The van der Waals surface area contributed by atoms with Gasteiger partial charge in [-0.1, -0.05) is 42.5 Å². The summed E-state index contributed by atoms with van der Waals surface area (Å²) in [5, 5.41) is 4.15. The van der Waals surface area contributed by atoms with Gasteiger partial charge >= 0.3 is 0 Å². The number of rotatable bonds is 2. The number of carbonyl (C=O) groups excluding carboxylic acids is 1. The van der Waals surface area contributed by atoms with Gasteiger partial charge in [-0.2, -0.15) is 0 Å². The van der Waals surface area contributed by atoms with Gasteiger partial charge in [0.1, 0.15) is 0 Å². The zero-order valence-corrected chi connectivity index (χ0v) is 12.4. The Hall–Kier alpha value is -3.20. The molecule has 3 aromatic carbocycles. The molecule has 0 saturated carbocycles. The summed E-state index contributed by atoms with van der Waals surface area (Å²) >= 11 is 0. The second-order valence-corrected chi connectivity index (χ2v) is 5.51. The van der Waals surface area contributed by atoms with E-state index in [2.05, 4.69) is 23.2 Å². The molecule has 4 aromatic rings. The first-order chi connectivity index (χ1) is 11.2. The largest absolute Gasteiger partial charge is 0.366 e. The molecule has 1 aromatic heterocycles. The van der Waals surface area contributed by atoms with Crippen LogP contribution in [0.1, 0.15) is 10.4 Å². The highest BCUT2D eigenvalue weighted by Crippen LogP contribution is 2.31. The molecular formula is C20H14N2O. The lowest BCUT2D eigenvalue weighted by Gasteiger charge is -2.09. The molecule has 0 unspecified atom stereocenters. The number of nitrogens with zero attached hydrogens (tertiary/aromatic N) is 1. The maximum atomic E-state index is 11.6. The highest BCUT2D eigenvalue weighted by Gasteiger charge is 2.08. The highest BCUT2D eigenvalue weighted by molar-refractivity contribution is 6.07. The fourth-order valence-corrected chi connectivity index (χ4v) is 3.04. The normalized spacial score (nSPS) is 11.0. The second kappa shape index (κ2) is 5.21. The van der Waals surface area contributed by atoms with Gasteiger partial charge in [-0.15, -0.1) is 0 Å². The quantitative estimate of drug-likeness (QED) is 0.604. The summed E-state index contributed by atoms with van der Waals surface area (Å²) in [6.07, 6.45) is 3.67. The average Bonchev–Trinajstić information content (AvgIpc) is 2.60. The van der Waals surface area contributed by atoms with E-state index in [0.717, 1.165) is 32.7 Å². The summed E-state index contributed by atoms with van der Waals surface area (Å²) in [4.78, 5) is 15.7. The van der Waals surface area contributed by atoms with Gasteiger partial charge in [-0.05, 0) is 45.5 Å². The topological polar surface area (TPSA) is 56.0 Å². The van der Waals surface area contributed by atoms with Gasteiger partial charge in [0.15, 0.2) is 0 Å². The number of fused-ring (bicyclic) bond motifs is 2. The van der Waals surface area contributed by atoms with Crippen molar-refractivity contribution in [1.82, 2.24) is 4.98 Å². The summed E-state index contributed by atoms with van der Waals surface area (Å²) in [5.41, 5.74) is 8.27. The Morgan fingerprint density at radius 3 is 2.57 bits per heavy atom. The number of nitrogens with two attached hydrogens (primary N) is 1. The molecule has 0 aliphatic heterocycles. The number of benzene rings is 3. The third-order valence-corrected chi connectivity index (χ3v) is 4.14. The predicted octanol–water partition coefficient (Wildman–Crippen LogP) is 4.15. The Balaban J connectivity index is 1.97. The molecule has 0 spiro atoms. The molecule has 1 amide bonds. The molecule has 110 valence electrons. The summed E-state index contributed by atoms with van der Waals surface area (Å²) in [6, 6.07) is 19.9. The van der Waals surface area contributed by atoms with Gasteiger partial charge in [0.25, 0.3) is 0 Å². The minimum Gasteiger partial charge on any atom is -0.366 e.